The third kappa shape index (κ3) is 11.5. The number of nitrogens with one attached hydrogen (secondary N) is 3. The largest absolute Gasteiger partial charge is 0.490 e. The number of aromatic amines is 1. The normalized spacial score (nSPS) is 13.3. The predicted octanol–water partition coefficient (Wildman–Crippen LogP) is 4.16. The van der Waals surface area contributed by atoms with E-state index in [1.54, 1.807) is 24.4 Å². The van der Waals surface area contributed by atoms with Crippen LogP contribution in [-0.4, -0.2) is 99.6 Å². The smallest absolute Gasteiger partial charge is 0.475 e. The van der Waals surface area contributed by atoms with E-state index in [9.17, 15) is 35.9 Å². The highest BCUT2D eigenvalue weighted by atomic mass is 19.4. The number of fused-ring (bicyclic) bond motifs is 1. The highest BCUT2D eigenvalue weighted by molar-refractivity contribution is 6.09. The van der Waals surface area contributed by atoms with Gasteiger partial charge in [0.25, 0.3) is 11.8 Å². The van der Waals surface area contributed by atoms with Crippen molar-refractivity contribution in [1.29, 1.82) is 0 Å². The molecule has 0 bridgehead atoms. The van der Waals surface area contributed by atoms with Gasteiger partial charge in [-0.05, 0) is 61.6 Å². The Morgan fingerprint density at radius 1 is 0.816 bits per heavy atom. The predicted molar refractivity (Wildman–Crippen MR) is 163 cm³/mol. The fraction of sp³-hybridized carbons (Fsp3) is 0.267. The van der Waals surface area contributed by atoms with Crippen LogP contribution in [0.2, 0.25) is 0 Å². The van der Waals surface area contributed by atoms with Crippen LogP contribution < -0.4 is 15.5 Å². The van der Waals surface area contributed by atoms with Crippen molar-refractivity contribution >= 4 is 46.2 Å². The SMILES string of the molecule is CN1CCN(c2ccc(C(=O)Nc3n[nH]c4ccc(C(=O)NCc5ccccn5)cc34)cc2)CC1.O=C(O)C(F)(F)F.O=C(O)C(F)(F)F. The summed E-state index contributed by atoms with van der Waals surface area (Å²) in [5.41, 5.74) is 3.63. The van der Waals surface area contributed by atoms with Crippen LogP contribution in [0.15, 0.2) is 66.9 Å². The fourth-order valence-electron chi connectivity index (χ4n) is 4.09. The number of rotatable bonds is 6. The van der Waals surface area contributed by atoms with Gasteiger partial charge in [0.1, 0.15) is 0 Å². The number of aromatic nitrogens is 3. The Morgan fingerprint density at radius 2 is 1.39 bits per heavy atom. The number of carboxylic acids is 2. The molecule has 5 rings (SSSR count). The van der Waals surface area contributed by atoms with Crippen LogP contribution in [-0.2, 0) is 16.1 Å². The number of hydrogen-bond acceptors (Lipinski definition) is 8. The standard InChI is InChI=1S/C26H27N7O2.2C2HF3O2/c1-32-12-14-33(15-13-32)21-8-5-18(6-9-21)26(35)29-24-22-16-19(7-10-23(22)30-31-24)25(34)28-17-20-4-2-3-11-27-20;2*3-2(4,5)1(6)7/h2-11,16H,12-15,17H2,1H3,(H,28,34)(H2,29,30,31,35);2*(H,6,7). The molecule has 2 aromatic carbocycles. The molecule has 0 unspecified atom stereocenters. The lowest BCUT2D eigenvalue weighted by molar-refractivity contribution is -0.193. The van der Waals surface area contributed by atoms with Crippen molar-refractivity contribution in [2.45, 2.75) is 18.9 Å². The minimum absolute atomic E-state index is 0.226. The van der Waals surface area contributed by atoms with Gasteiger partial charge in [-0.15, -0.1) is 0 Å². The van der Waals surface area contributed by atoms with Crippen molar-refractivity contribution < 1.29 is 55.7 Å². The fourth-order valence-corrected chi connectivity index (χ4v) is 4.09. The monoisotopic (exact) mass is 697 g/mol. The first-order valence-corrected chi connectivity index (χ1v) is 14.1. The molecule has 0 saturated carbocycles. The van der Waals surface area contributed by atoms with Gasteiger partial charge in [0, 0.05) is 54.6 Å². The summed E-state index contributed by atoms with van der Waals surface area (Å²) in [6.45, 7) is 4.32. The summed E-state index contributed by atoms with van der Waals surface area (Å²) < 4.78 is 63.5. The van der Waals surface area contributed by atoms with Crippen molar-refractivity contribution in [1.82, 2.24) is 25.4 Å². The van der Waals surface area contributed by atoms with Gasteiger partial charge in [-0.25, -0.2) is 9.59 Å². The maximum Gasteiger partial charge on any atom is 0.490 e. The average Bonchev–Trinajstić information content (AvgIpc) is 3.46. The summed E-state index contributed by atoms with van der Waals surface area (Å²) in [6.07, 6.45) is -8.48. The van der Waals surface area contributed by atoms with Crippen LogP contribution in [0, 0.1) is 0 Å². The van der Waals surface area contributed by atoms with Crippen LogP contribution in [0.4, 0.5) is 37.8 Å². The van der Waals surface area contributed by atoms with Gasteiger partial charge in [0.15, 0.2) is 5.82 Å². The minimum Gasteiger partial charge on any atom is -0.475 e. The second-order valence-electron chi connectivity index (χ2n) is 10.2. The number of aliphatic carboxylic acids is 2. The first-order valence-electron chi connectivity index (χ1n) is 14.1. The molecule has 1 saturated heterocycles. The number of hydrogen-bond donors (Lipinski definition) is 5. The quantitative estimate of drug-likeness (QED) is 0.184. The lowest BCUT2D eigenvalue weighted by Gasteiger charge is -2.34. The molecular formula is C30H29F6N7O6. The van der Waals surface area contributed by atoms with Gasteiger partial charge in [0.2, 0.25) is 0 Å². The molecule has 1 aliphatic heterocycles. The number of nitrogens with zero attached hydrogens (tertiary/aromatic N) is 4. The molecule has 19 heteroatoms. The number of carbonyl (C=O) groups is 4. The second-order valence-corrected chi connectivity index (χ2v) is 10.2. The highest BCUT2D eigenvalue weighted by Gasteiger charge is 2.38. The second kappa shape index (κ2) is 16.4. The lowest BCUT2D eigenvalue weighted by Crippen LogP contribution is -2.44. The van der Waals surface area contributed by atoms with Crippen molar-refractivity contribution in [3.05, 3.63) is 83.7 Å². The Morgan fingerprint density at radius 3 is 1.92 bits per heavy atom. The average molecular weight is 698 g/mol. The van der Waals surface area contributed by atoms with Crippen LogP contribution in [0.5, 0.6) is 0 Å². The number of piperazine rings is 1. The summed E-state index contributed by atoms with van der Waals surface area (Å²) in [5.74, 6) is -5.61. The first-order chi connectivity index (χ1) is 23.0. The lowest BCUT2D eigenvalue weighted by atomic mass is 10.1. The third-order valence-corrected chi connectivity index (χ3v) is 6.70. The van der Waals surface area contributed by atoms with E-state index in [-0.39, 0.29) is 11.8 Å². The molecule has 49 heavy (non-hydrogen) atoms. The molecule has 0 atom stereocenters. The van der Waals surface area contributed by atoms with Crippen molar-refractivity contribution in [3.63, 3.8) is 0 Å². The Kier molecular flexibility index (Phi) is 12.6. The van der Waals surface area contributed by atoms with E-state index in [1.807, 2.05) is 42.5 Å². The molecule has 4 aromatic rings. The van der Waals surface area contributed by atoms with Gasteiger partial charge in [0.05, 0.1) is 17.8 Å². The van der Waals surface area contributed by atoms with Gasteiger partial charge in [-0.2, -0.15) is 31.4 Å². The molecule has 1 fully saturated rings. The molecule has 5 N–H and O–H groups in total. The first kappa shape index (κ1) is 37.7. The number of carbonyl (C=O) groups excluding carboxylic acids is 2. The van der Waals surface area contributed by atoms with E-state index in [0.717, 1.165) is 43.1 Å². The summed E-state index contributed by atoms with van der Waals surface area (Å²) >= 11 is 0. The maximum absolute atomic E-state index is 12.9. The molecular weight excluding hydrogens is 668 g/mol. The number of likely N-dealkylation sites (N-methyl/N-ethyl adjacent to an activating group) is 1. The van der Waals surface area contributed by atoms with Gasteiger partial charge >= 0.3 is 24.3 Å². The summed E-state index contributed by atoms with van der Waals surface area (Å²) in [5, 5.41) is 27.8. The number of amides is 2. The molecule has 13 nitrogen and oxygen atoms in total. The van der Waals surface area contributed by atoms with Crippen LogP contribution in [0.1, 0.15) is 26.4 Å². The van der Waals surface area contributed by atoms with Gasteiger partial charge < -0.3 is 30.6 Å². The molecule has 262 valence electrons. The number of halogens is 6. The molecule has 2 aromatic heterocycles. The number of anilines is 2. The zero-order valence-corrected chi connectivity index (χ0v) is 25.5. The Labute approximate surface area is 273 Å². The van der Waals surface area contributed by atoms with E-state index < -0.39 is 24.3 Å². The van der Waals surface area contributed by atoms with Crippen molar-refractivity contribution in [3.8, 4) is 0 Å². The number of H-pyrrole nitrogens is 1. The molecule has 3 heterocycles. The zero-order valence-electron chi connectivity index (χ0n) is 25.5. The van der Waals surface area contributed by atoms with Crippen LogP contribution in [0.25, 0.3) is 10.9 Å². The van der Waals surface area contributed by atoms with Gasteiger partial charge in [-0.1, -0.05) is 6.07 Å². The van der Waals surface area contributed by atoms with E-state index in [0.29, 0.717) is 28.9 Å². The molecule has 0 spiro atoms. The molecule has 0 aliphatic carbocycles. The maximum atomic E-state index is 12.9. The molecule has 1 aliphatic rings. The van der Waals surface area contributed by atoms with Gasteiger partial charge in [-0.3, -0.25) is 19.7 Å². The Hall–Kier alpha value is -5.72. The van der Waals surface area contributed by atoms with Crippen molar-refractivity contribution in [2.24, 2.45) is 0 Å². The van der Waals surface area contributed by atoms with E-state index in [4.69, 9.17) is 19.8 Å². The van der Waals surface area contributed by atoms with E-state index in [1.165, 1.54) is 0 Å². The molecule has 0 radical (unpaired) electrons. The van der Waals surface area contributed by atoms with Crippen molar-refractivity contribution in [2.75, 3.05) is 43.4 Å². The zero-order chi connectivity index (χ0) is 36.4. The Bertz CT molecular complexity index is 1720. The summed E-state index contributed by atoms with van der Waals surface area (Å²) in [7, 11) is 2.13. The summed E-state index contributed by atoms with van der Waals surface area (Å²) in [4.78, 5) is 52.2. The highest BCUT2D eigenvalue weighted by Crippen LogP contribution is 2.23. The van der Waals surface area contributed by atoms with E-state index >= 15 is 0 Å². The van der Waals surface area contributed by atoms with E-state index in [2.05, 4.69) is 42.7 Å². The summed E-state index contributed by atoms with van der Waals surface area (Å²) in [6, 6.07) is 18.4. The third-order valence-electron chi connectivity index (χ3n) is 6.70. The van der Waals surface area contributed by atoms with Crippen LogP contribution in [0.3, 0.4) is 0 Å². The number of pyridine rings is 1. The topological polar surface area (TPSA) is 181 Å². The van der Waals surface area contributed by atoms with Crippen LogP contribution >= 0.6 is 0 Å². The number of benzene rings is 2. The molecule has 2 amide bonds. The number of carboxylic acid groups (broad SMARTS) is 2. The Balaban J connectivity index is 0.000000392. The minimum atomic E-state index is -5.08. The number of alkyl halides is 6.